The molecule has 0 aliphatic carbocycles. The van der Waals surface area contributed by atoms with Crippen molar-refractivity contribution in [3.8, 4) is 0 Å². The minimum Gasteiger partial charge on any atom is -0.462 e. The lowest BCUT2D eigenvalue weighted by Gasteiger charge is -1.96. The lowest BCUT2D eigenvalue weighted by Crippen LogP contribution is -2.03. The molecule has 0 unspecified atom stereocenters. The van der Waals surface area contributed by atoms with Crippen LogP contribution in [0.2, 0.25) is 0 Å². The molecular formula is C10H14N2O2. The molecule has 76 valence electrons. The van der Waals surface area contributed by atoms with Crippen LogP contribution in [-0.4, -0.2) is 22.4 Å². The normalized spacial score (nSPS) is 10.7. The Morgan fingerprint density at radius 2 is 2.50 bits per heavy atom. The quantitative estimate of drug-likeness (QED) is 0.540. The van der Waals surface area contributed by atoms with Gasteiger partial charge in [-0.2, -0.15) is 5.10 Å². The van der Waals surface area contributed by atoms with Gasteiger partial charge in [-0.15, -0.1) is 0 Å². The van der Waals surface area contributed by atoms with Crippen molar-refractivity contribution in [3.05, 3.63) is 30.1 Å². The molecule has 0 spiro atoms. The van der Waals surface area contributed by atoms with E-state index in [1.807, 2.05) is 19.1 Å². The zero-order valence-electron chi connectivity index (χ0n) is 8.43. The van der Waals surface area contributed by atoms with Crippen LogP contribution < -0.4 is 0 Å². The predicted molar refractivity (Wildman–Crippen MR) is 53.0 cm³/mol. The second kappa shape index (κ2) is 5.21. The Balaban J connectivity index is 2.62. The first-order valence-electron chi connectivity index (χ1n) is 4.58. The maximum Gasteiger partial charge on any atom is 0.341 e. The molecular weight excluding hydrogens is 180 g/mol. The summed E-state index contributed by atoms with van der Waals surface area (Å²) in [6.07, 6.45) is 7.09. The van der Waals surface area contributed by atoms with Gasteiger partial charge in [0.2, 0.25) is 0 Å². The van der Waals surface area contributed by atoms with E-state index >= 15 is 0 Å². The molecule has 0 aromatic carbocycles. The van der Waals surface area contributed by atoms with Gasteiger partial charge in [-0.1, -0.05) is 12.2 Å². The second-order valence-corrected chi connectivity index (χ2v) is 2.74. The fourth-order valence-corrected chi connectivity index (χ4v) is 0.997. The number of carbonyl (C=O) groups excluding carboxylic acids is 1. The molecule has 0 fully saturated rings. The Kier molecular flexibility index (Phi) is 3.91. The standard InChI is InChI=1S/C10H14N2O2/c1-3-5-6-12-8-9(7-11-12)10(13)14-4-2/h3,5,7-8H,4,6H2,1-2H3/b5-3+. The van der Waals surface area contributed by atoms with Gasteiger partial charge in [-0.05, 0) is 13.8 Å². The smallest absolute Gasteiger partial charge is 0.341 e. The summed E-state index contributed by atoms with van der Waals surface area (Å²) < 4.78 is 6.52. The number of hydrogen-bond acceptors (Lipinski definition) is 3. The van der Waals surface area contributed by atoms with Crippen molar-refractivity contribution in [2.24, 2.45) is 0 Å². The van der Waals surface area contributed by atoms with Crippen LogP contribution in [-0.2, 0) is 11.3 Å². The highest BCUT2D eigenvalue weighted by molar-refractivity contribution is 5.88. The molecule has 0 bridgehead atoms. The van der Waals surface area contributed by atoms with Crippen molar-refractivity contribution in [2.45, 2.75) is 20.4 Å². The van der Waals surface area contributed by atoms with Crippen molar-refractivity contribution in [1.29, 1.82) is 0 Å². The number of hydrogen-bond donors (Lipinski definition) is 0. The fraction of sp³-hybridized carbons (Fsp3) is 0.400. The average molecular weight is 194 g/mol. The van der Waals surface area contributed by atoms with Gasteiger partial charge in [0, 0.05) is 6.20 Å². The third-order valence-corrected chi connectivity index (χ3v) is 1.67. The molecule has 1 aromatic rings. The molecule has 0 aliphatic rings. The van der Waals surface area contributed by atoms with Gasteiger partial charge >= 0.3 is 5.97 Å². The van der Waals surface area contributed by atoms with Gasteiger partial charge in [0.05, 0.1) is 24.9 Å². The van der Waals surface area contributed by atoms with E-state index in [0.29, 0.717) is 18.7 Å². The van der Waals surface area contributed by atoms with Gasteiger partial charge in [-0.25, -0.2) is 4.79 Å². The summed E-state index contributed by atoms with van der Waals surface area (Å²) in [6.45, 7) is 4.78. The SMILES string of the molecule is C/C=C/Cn1cc(C(=O)OCC)cn1. The Morgan fingerprint density at radius 1 is 1.71 bits per heavy atom. The number of esters is 1. The summed E-state index contributed by atoms with van der Waals surface area (Å²) in [5, 5.41) is 4.02. The van der Waals surface area contributed by atoms with E-state index < -0.39 is 0 Å². The average Bonchev–Trinajstić information content (AvgIpc) is 2.63. The molecule has 0 atom stereocenters. The number of rotatable bonds is 4. The number of allylic oxidation sites excluding steroid dienone is 2. The van der Waals surface area contributed by atoms with E-state index in [0.717, 1.165) is 0 Å². The summed E-state index contributed by atoms with van der Waals surface area (Å²) in [5.74, 6) is -0.320. The van der Waals surface area contributed by atoms with E-state index in [1.165, 1.54) is 6.20 Å². The van der Waals surface area contributed by atoms with Crippen LogP contribution in [0.5, 0.6) is 0 Å². The van der Waals surface area contributed by atoms with Crippen LogP contribution >= 0.6 is 0 Å². The maximum atomic E-state index is 11.2. The Morgan fingerprint density at radius 3 is 3.14 bits per heavy atom. The van der Waals surface area contributed by atoms with Crippen molar-refractivity contribution in [1.82, 2.24) is 9.78 Å². The monoisotopic (exact) mass is 194 g/mol. The molecule has 14 heavy (non-hydrogen) atoms. The van der Waals surface area contributed by atoms with Gasteiger partial charge < -0.3 is 4.74 Å². The molecule has 0 saturated heterocycles. The summed E-state index contributed by atoms with van der Waals surface area (Å²) in [6, 6.07) is 0. The summed E-state index contributed by atoms with van der Waals surface area (Å²) in [5.41, 5.74) is 0.497. The number of aromatic nitrogens is 2. The van der Waals surface area contributed by atoms with Crippen molar-refractivity contribution >= 4 is 5.97 Å². The summed E-state index contributed by atoms with van der Waals surface area (Å²) >= 11 is 0. The fourth-order valence-electron chi connectivity index (χ4n) is 0.997. The van der Waals surface area contributed by atoms with Gasteiger partial charge in [0.15, 0.2) is 0 Å². The molecule has 4 heteroatoms. The molecule has 4 nitrogen and oxygen atoms in total. The van der Waals surface area contributed by atoms with Crippen LogP contribution in [0.1, 0.15) is 24.2 Å². The van der Waals surface area contributed by atoms with E-state index in [1.54, 1.807) is 17.8 Å². The van der Waals surface area contributed by atoms with E-state index in [-0.39, 0.29) is 5.97 Å². The minimum absolute atomic E-state index is 0.320. The molecule has 0 saturated carbocycles. The van der Waals surface area contributed by atoms with E-state index in [2.05, 4.69) is 5.10 Å². The molecule has 1 aromatic heterocycles. The van der Waals surface area contributed by atoms with Crippen LogP contribution in [0.3, 0.4) is 0 Å². The molecule has 0 radical (unpaired) electrons. The molecule has 0 amide bonds. The lowest BCUT2D eigenvalue weighted by atomic mass is 10.4. The third-order valence-electron chi connectivity index (χ3n) is 1.67. The largest absolute Gasteiger partial charge is 0.462 e. The summed E-state index contributed by atoms with van der Waals surface area (Å²) in [4.78, 5) is 11.2. The Bertz CT molecular complexity index is 329. The molecule has 1 heterocycles. The second-order valence-electron chi connectivity index (χ2n) is 2.74. The minimum atomic E-state index is -0.320. The first-order valence-corrected chi connectivity index (χ1v) is 4.58. The summed E-state index contributed by atoms with van der Waals surface area (Å²) in [7, 11) is 0. The third kappa shape index (κ3) is 2.73. The predicted octanol–water partition coefficient (Wildman–Crippen LogP) is 1.64. The molecule has 1 rings (SSSR count). The van der Waals surface area contributed by atoms with E-state index in [4.69, 9.17) is 4.74 Å². The highest BCUT2D eigenvalue weighted by Crippen LogP contribution is 2.00. The van der Waals surface area contributed by atoms with Crippen LogP contribution in [0.4, 0.5) is 0 Å². The van der Waals surface area contributed by atoms with Gasteiger partial charge in [0.1, 0.15) is 0 Å². The van der Waals surface area contributed by atoms with Crippen LogP contribution in [0.15, 0.2) is 24.5 Å². The maximum absolute atomic E-state index is 11.2. The van der Waals surface area contributed by atoms with Gasteiger partial charge in [0.25, 0.3) is 0 Å². The zero-order valence-corrected chi connectivity index (χ0v) is 8.43. The van der Waals surface area contributed by atoms with E-state index in [9.17, 15) is 4.79 Å². The van der Waals surface area contributed by atoms with Crippen molar-refractivity contribution in [3.63, 3.8) is 0 Å². The number of nitrogens with zero attached hydrogens (tertiary/aromatic N) is 2. The topological polar surface area (TPSA) is 44.1 Å². The highest BCUT2D eigenvalue weighted by Gasteiger charge is 2.07. The van der Waals surface area contributed by atoms with Crippen LogP contribution in [0, 0.1) is 0 Å². The van der Waals surface area contributed by atoms with Crippen molar-refractivity contribution < 1.29 is 9.53 Å². The Labute approximate surface area is 83.2 Å². The van der Waals surface area contributed by atoms with Gasteiger partial charge in [-0.3, -0.25) is 4.68 Å². The Hall–Kier alpha value is -1.58. The van der Waals surface area contributed by atoms with Crippen molar-refractivity contribution in [2.75, 3.05) is 6.61 Å². The van der Waals surface area contributed by atoms with Crippen LogP contribution in [0.25, 0.3) is 0 Å². The first kappa shape index (κ1) is 10.5. The first-order chi connectivity index (χ1) is 6.77. The molecule has 0 aliphatic heterocycles. The highest BCUT2D eigenvalue weighted by atomic mass is 16.5. The lowest BCUT2D eigenvalue weighted by molar-refractivity contribution is 0.0526. The number of ether oxygens (including phenoxy) is 1. The molecule has 0 N–H and O–H groups in total. The zero-order chi connectivity index (χ0) is 10.4. The number of carbonyl (C=O) groups is 1.